The third-order valence-electron chi connectivity index (χ3n) is 2.50. The summed E-state index contributed by atoms with van der Waals surface area (Å²) in [5, 5.41) is 4.34. The maximum Gasteiger partial charge on any atom is 0.325 e. The van der Waals surface area contributed by atoms with Crippen LogP contribution < -0.4 is 5.73 Å². The van der Waals surface area contributed by atoms with Gasteiger partial charge in [-0.05, 0) is 20.8 Å². The summed E-state index contributed by atoms with van der Waals surface area (Å²) in [6.07, 6.45) is 1.52. The molecule has 0 radical (unpaired) electrons. The minimum atomic E-state index is -0.726. The molecule has 1 atom stereocenters. The molecule has 1 aromatic heterocycles. The van der Waals surface area contributed by atoms with Gasteiger partial charge in [-0.25, -0.2) is 9.67 Å². The van der Waals surface area contributed by atoms with Crippen LogP contribution in [0, 0.1) is 0 Å². The van der Waals surface area contributed by atoms with E-state index >= 15 is 0 Å². The summed E-state index contributed by atoms with van der Waals surface area (Å²) in [7, 11) is 0. The Kier molecular flexibility index (Phi) is 5.05. The largest absolute Gasteiger partial charge is 0.459 e. The molecular formula is C13H24N4O2. The van der Waals surface area contributed by atoms with Gasteiger partial charge in [-0.3, -0.25) is 4.79 Å². The molecule has 2 N–H and O–H groups in total. The van der Waals surface area contributed by atoms with Crippen molar-refractivity contribution >= 4 is 5.97 Å². The number of carbonyl (C=O) groups is 1. The zero-order valence-corrected chi connectivity index (χ0v) is 12.4. The monoisotopic (exact) mass is 268 g/mol. The molecule has 0 fully saturated rings. The van der Waals surface area contributed by atoms with Gasteiger partial charge >= 0.3 is 5.97 Å². The second-order valence-corrected chi connectivity index (χ2v) is 5.47. The first-order valence-electron chi connectivity index (χ1n) is 6.67. The molecule has 19 heavy (non-hydrogen) atoms. The third-order valence-corrected chi connectivity index (χ3v) is 2.50. The fourth-order valence-electron chi connectivity index (χ4n) is 1.62. The zero-order valence-electron chi connectivity index (χ0n) is 12.4. The SMILES string of the molecule is CCc1nc(CC)n(CC(N)C(=O)OC(C)(C)C)n1. The van der Waals surface area contributed by atoms with Crippen LogP contribution in [0.15, 0.2) is 0 Å². The molecule has 1 aromatic rings. The molecule has 1 rings (SSSR count). The lowest BCUT2D eigenvalue weighted by Gasteiger charge is -2.22. The summed E-state index contributed by atoms with van der Waals surface area (Å²) in [6, 6.07) is -0.726. The Morgan fingerprint density at radius 2 is 2.00 bits per heavy atom. The fraction of sp³-hybridized carbons (Fsp3) is 0.769. The summed E-state index contributed by atoms with van der Waals surface area (Å²) < 4.78 is 6.95. The van der Waals surface area contributed by atoms with Crippen LogP contribution in [-0.2, 0) is 28.9 Å². The van der Waals surface area contributed by atoms with E-state index in [1.807, 2.05) is 34.6 Å². The van der Waals surface area contributed by atoms with E-state index < -0.39 is 17.6 Å². The zero-order chi connectivity index (χ0) is 14.6. The van der Waals surface area contributed by atoms with Crippen LogP contribution in [0.5, 0.6) is 0 Å². The van der Waals surface area contributed by atoms with E-state index in [1.165, 1.54) is 0 Å². The van der Waals surface area contributed by atoms with Crippen LogP contribution >= 0.6 is 0 Å². The van der Waals surface area contributed by atoms with Gasteiger partial charge in [-0.15, -0.1) is 0 Å². The molecule has 0 spiro atoms. The molecule has 0 aromatic carbocycles. The van der Waals surface area contributed by atoms with Crippen molar-refractivity contribution in [2.24, 2.45) is 5.73 Å². The second-order valence-electron chi connectivity index (χ2n) is 5.47. The van der Waals surface area contributed by atoms with E-state index in [0.717, 1.165) is 24.5 Å². The Morgan fingerprint density at radius 3 is 2.47 bits per heavy atom. The maximum absolute atomic E-state index is 11.8. The fourth-order valence-corrected chi connectivity index (χ4v) is 1.62. The maximum atomic E-state index is 11.8. The number of aryl methyl sites for hydroxylation is 2. The third kappa shape index (κ3) is 4.63. The van der Waals surface area contributed by atoms with Crippen molar-refractivity contribution in [3.8, 4) is 0 Å². The summed E-state index contributed by atoms with van der Waals surface area (Å²) >= 11 is 0. The highest BCUT2D eigenvalue weighted by atomic mass is 16.6. The number of aromatic nitrogens is 3. The van der Waals surface area contributed by atoms with Crippen LogP contribution in [0.1, 0.15) is 46.3 Å². The van der Waals surface area contributed by atoms with Crippen LogP contribution in [-0.4, -0.2) is 32.4 Å². The predicted octanol–water partition coefficient (Wildman–Crippen LogP) is 1.07. The van der Waals surface area contributed by atoms with Crippen molar-refractivity contribution in [1.29, 1.82) is 0 Å². The van der Waals surface area contributed by atoms with Crippen molar-refractivity contribution < 1.29 is 9.53 Å². The first kappa shape index (κ1) is 15.6. The topological polar surface area (TPSA) is 83.0 Å². The van der Waals surface area contributed by atoms with Gasteiger partial charge in [0.25, 0.3) is 0 Å². The Bertz CT molecular complexity index is 434. The van der Waals surface area contributed by atoms with Crippen molar-refractivity contribution in [2.45, 2.75) is 65.6 Å². The van der Waals surface area contributed by atoms with Crippen LogP contribution in [0.25, 0.3) is 0 Å². The molecule has 0 amide bonds. The van der Waals surface area contributed by atoms with Gasteiger partial charge in [-0.2, -0.15) is 5.10 Å². The molecule has 0 aliphatic carbocycles. The Balaban J connectivity index is 2.73. The van der Waals surface area contributed by atoms with E-state index in [4.69, 9.17) is 10.5 Å². The van der Waals surface area contributed by atoms with Crippen LogP contribution in [0.4, 0.5) is 0 Å². The number of hydrogen-bond acceptors (Lipinski definition) is 5. The lowest BCUT2D eigenvalue weighted by molar-refractivity contribution is -0.156. The van der Waals surface area contributed by atoms with E-state index in [0.29, 0.717) is 6.54 Å². The number of carbonyl (C=O) groups excluding carboxylic acids is 1. The van der Waals surface area contributed by atoms with Crippen molar-refractivity contribution in [3.63, 3.8) is 0 Å². The molecule has 0 aliphatic heterocycles. The molecule has 0 bridgehead atoms. The van der Waals surface area contributed by atoms with E-state index in [2.05, 4.69) is 10.1 Å². The molecule has 108 valence electrons. The van der Waals surface area contributed by atoms with E-state index in [9.17, 15) is 4.79 Å². The first-order valence-corrected chi connectivity index (χ1v) is 6.67. The second kappa shape index (κ2) is 6.14. The molecule has 6 nitrogen and oxygen atoms in total. The average Bonchev–Trinajstić information content (AvgIpc) is 2.69. The van der Waals surface area contributed by atoms with Gasteiger partial charge < -0.3 is 10.5 Å². The van der Waals surface area contributed by atoms with Gasteiger partial charge in [-0.1, -0.05) is 13.8 Å². The number of hydrogen-bond donors (Lipinski definition) is 1. The number of nitrogens with two attached hydrogens (primary N) is 1. The van der Waals surface area contributed by atoms with Crippen LogP contribution in [0.3, 0.4) is 0 Å². The highest BCUT2D eigenvalue weighted by Gasteiger charge is 2.23. The summed E-state index contributed by atoms with van der Waals surface area (Å²) in [5.41, 5.74) is 5.34. The average molecular weight is 268 g/mol. The normalized spacial score (nSPS) is 13.4. The molecular weight excluding hydrogens is 244 g/mol. The van der Waals surface area contributed by atoms with E-state index in [1.54, 1.807) is 4.68 Å². The quantitative estimate of drug-likeness (QED) is 0.808. The van der Waals surface area contributed by atoms with Gasteiger partial charge in [0.1, 0.15) is 17.5 Å². The number of nitrogens with zero attached hydrogens (tertiary/aromatic N) is 3. The molecule has 0 aliphatic rings. The van der Waals surface area contributed by atoms with Crippen LogP contribution in [0.2, 0.25) is 0 Å². The Hall–Kier alpha value is -1.43. The number of ether oxygens (including phenoxy) is 1. The van der Waals surface area contributed by atoms with Crippen molar-refractivity contribution in [2.75, 3.05) is 0 Å². The van der Waals surface area contributed by atoms with Gasteiger partial charge in [0.05, 0.1) is 6.54 Å². The molecule has 0 saturated heterocycles. The molecule has 1 unspecified atom stereocenters. The van der Waals surface area contributed by atoms with Gasteiger partial charge in [0.2, 0.25) is 0 Å². The van der Waals surface area contributed by atoms with Gasteiger partial charge in [0, 0.05) is 12.8 Å². The lowest BCUT2D eigenvalue weighted by Crippen LogP contribution is -2.40. The standard InChI is InChI=1S/C13H24N4O2/c1-6-10-15-11(7-2)17(16-10)8-9(14)12(18)19-13(3,4)5/h9H,6-8,14H2,1-5H3. The minimum Gasteiger partial charge on any atom is -0.459 e. The smallest absolute Gasteiger partial charge is 0.325 e. The minimum absolute atomic E-state index is 0.297. The summed E-state index contributed by atoms with van der Waals surface area (Å²) in [6.45, 7) is 9.75. The van der Waals surface area contributed by atoms with Crippen molar-refractivity contribution in [3.05, 3.63) is 11.6 Å². The molecule has 1 heterocycles. The highest BCUT2D eigenvalue weighted by Crippen LogP contribution is 2.09. The predicted molar refractivity (Wildman–Crippen MR) is 72.6 cm³/mol. The summed E-state index contributed by atoms with van der Waals surface area (Å²) in [4.78, 5) is 16.2. The Morgan fingerprint density at radius 1 is 1.37 bits per heavy atom. The van der Waals surface area contributed by atoms with Crippen molar-refractivity contribution in [1.82, 2.24) is 14.8 Å². The summed E-state index contributed by atoms with van der Waals surface area (Å²) in [5.74, 6) is 1.20. The van der Waals surface area contributed by atoms with E-state index in [-0.39, 0.29) is 0 Å². The number of rotatable bonds is 5. The lowest BCUT2D eigenvalue weighted by atomic mass is 10.2. The molecule has 6 heteroatoms. The van der Waals surface area contributed by atoms with Gasteiger partial charge in [0.15, 0.2) is 5.82 Å². The number of esters is 1. The highest BCUT2D eigenvalue weighted by molar-refractivity contribution is 5.75. The Labute approximate surface area is 114 Å². The first-order chi connectivity index (χ1) is 8.76. The molecule has 0 saturated carbocycles.